The number of ketones is 1. The molecule has 2 aromatic rings. The summed E-state index contributed by atoms with van der Waals surface area (Å²) in [5.74, 6) is -10.3. The van der Waals surface area contributed by atoms with Crippen LogP contribution < -0.4 is 43.0 Å². The van der Waals surface area contributed by atoms with Gasteiger partial charge in [0, 0.05) is 128 Å². The van der Waals surface area contributed by atoms with Crippen LogP contribution in [0.3, 0.4) is 0 Å². The van der Waals surface area contributed by atoms with Gasteiger partial charge < -0.3 is 100 Å². The zero-order valence-electron chi connectivity index (χ0n) is 76.7. The highest BCUT2D eigenvalue weighted by atomic mass is 16.6. The molecule has 0 aromatic heterocycles. The highest BCUT2D eigenvalue weighted by Gasteiger charge is 2.39. The van der Waals surface area contributed by atoms with Gasteiger partial charge in [-0.2, -0.15) is 0 Å². The van der Waals surface area contributed by atoms with Crippen LogP contribution in [0.4, 0.5) is 20.1 Å². The summed E-state index contributed by atoms with van der Waals surface area (Å²) in [6.07, 6.45) is 2.91. The van der Waals surface area contributed by atoms with Crippen molar-refractivity contribution in [1.29, 1.82) is 0 Å². The van der Waals surface area contributed by atoms with Crippen molar-refractivity contribution in [3.05, 3.63) is 101 Å². The molecule has 127 heavy (non-hydrogen) atoms. The summed E-state index contributed by atoms with van der Waals surface area (Å²) < 4.78 is 46.1. The number of amides is 14. The lowest BCUT2D eigenvalue weighted by Gasteiger charge is -2.33. The number of ether oxygens (including phenoxy) is 8. The summed E-state index contributed by atoms with van der Waals surface area (Å²) in [4.78, 5) is 221. The Labute approximate surface area is 745 Å². The molecule has 37 nitrogen and oxygen atoms in total. The van der Waals surface area contributed by atoms with Crippen LogP contribution in [0.5, 0.6) is 0 Å². The maximum absolute atomic E-state index is 14.4. The number of carbonyl (C=O) groups is 16. The van der Waals surface area contributed by atoms with Crippen molar-refractivity contribution in [2.45, 2.75) is 215 Å². The first-order chi connectivity index (χ1) is 60.3. The van der Waals surface area contributed by atoms with Gasteiger partial charge in [0.25, 0.3) is 17.7 Å². The number of unbranched alkanes of at least 4 members (excludes halogenated alkanes) is 2. The summed E-state index contributed by atoms with van der Waals surface area (Å²) in [6.45, 7) is 21.9. The minimum Gasteiger partial charge on any atom is -0.456 e. The van der Waals surface area contributed by atoms with Crippen molar-refractivity contribution in [1.82, 2.24) is 56.4 Å². The molecular formula is C90H137N13O24. The molecule has 0 saturated carbocycles. The van der Waals surface area contributed by atoms with Gasteiger partial charge in [-0.3, -0.25) is 57.6 Å². The largest absolute Gasteiger partial charge is 0.456 e. The highest BCUT2D eigenvalue weighted by Crippen LogP contribution is 2.28. The summed E-state index contributed by atoms with van der Waals surface area (Å²) >= 11 is 0. The number of nitrogens with one attached hydrogen (secondary N) is 7. The van der Waals surface area contributed by atoms with Crippen molar-refractivity contribution >= 4 is 101 Å². The van der Waals surface area contributed by atoms with Gasteiger partial charge in [0.1, 0.15) is 43.0 Å². The average molecular weight is 1790 g/mol. The molecule has 0 bridgehead atoms. The van der Waals surface area contributed by atoms with E-state index in [9.17, 15) is 76.7 Å². The predicted molar refractivity (Wildman–Crippen MR) is 470 cm³/mol. The molecule has 2 aromatic carbocycles. The van der Waals surface area contributed by atoms with Crippen molar-refractivity contribution in [2.24, 2.45) is 35.3 Å². The Morgan fingerprint density at radius 3 is 1.88 bits per heavy atom. The number of hydrogen-bond donors (Lipinski definition) is 8. The number of nitrogens with zero attached hydrogens (tertiary/aromatic N) is 5. The normalized spacial score (nSPS) is 20.4. The lowest BCUT2D eigenvalue weighted by Crippen LogP contribution is -2.57. The summed E-state index contributed by atoms with van der Waals surface area (Å²) in [5, 5.41) is 19.0. The number of primary amides is 1. The number of imide groups is 1. The van der Waals surface area contributed by atoms with Crippen LogP contribution in [0, 0.1) is 29.6 Å². The Hall–Kier alpha value is -11.2. The van der Waals surface area contributed by atoms with E-state index in [1.54, 1.807) is 102 Å². The number of Topliss-reactive ketones (excluding diaryl/α,β-unsaturated/α-hetero) is 1. The second kappa shape index (κ2) is 57.5. The third-order valence-electron chi connectivity index (χ3n) is 21.6. The molecule has 14 amide bonds. The maximum Gasteiger partial charge on any atom is 0.409 e. The lowest BCUT2D eigenvalue weighted by atomic mass is 9.89. The van der Waals surface area contributed by atoms with Gasteiger partial charge in [-0.05, 0) is 113 Å². The molecule has 706 valence electrons. The van der Waals surface area contributed by atoms with Gasteiger partial charge >= 0.3 is 30.2 Å². The molecule has 2 aliphatic rings. The van der Waals surface area contributed by atoms with Crippen LogP contribution in [0.2, 0.25) is 0 Å². The number of likely N-dealkylation sites (N-methyl/N-ethyl adjacent to an activating group) is 4. The van der Waals surface area contributed by atoms with Crippen LogP contribution >= 0.6 is 0 Å². The highest BCUT2D eigenvalue weighted by molar-refractivity contribution is 6.13. The van der Waals surface area contributed by atoms with Crippen molar-refractivity contribution < 1.29 is 115 Å². The Morgan fingerprint density at radius 2 is 1.28 bits per heavy atom. The standard InChI is InChI=1S/C90H137N13O24/c1-17-59(7)79-83(112)95-64(12)87(116)127-80(60(8)18-2)62(10)71(35-30-61(9)86(115)125-72(52-57(3)4)82(111)94-63(11)84(113)102(16)69(53-65-26-21-19-22-27-65)85(114)101(15)55-75(107)98-79)126-90(119)100(14)43-42-99(13)89(118)124-56-66-31-33-68(34-32-66)96-81(110)67(28-25-39-93-88(91)117)54-70(104)78(58(5)6)97-74(106)38-44-120-46-48-122-50-51-123-49-47-121-45-40-92-73(105)29-23-20-24-41-103-76(108)36-37-77(103)109/h18-19,21-22,26-27,30-34,36-37,57-59,62-64,67,69,71-72,78-80H,17,20,23-25,28-29,35,38-56H2,1-16H3,(H,92,105)(H,94,111)(H,95,112)(H,96,110)(H,97,106)(H,98,107)(H3,91,93,117)/b60-18+,61-30+/t59?,62-,63-,64+,67-,69+,71-,72+,78+,79-,80+/m0/s1. The number of urea groups is 1. The van der Waals surface area contributed by atoms with E-state index in [1.807, 2.05) is 20.8 Å². The molecule has 0 saturated heterocycles. The molecule has 2 aliphatic heterocycles. The molecule has 0 spiro atoms. The number of carbonyl (C=O) groups excluding carboxylic acids is 16. The van der Waals surface area contributed by atoms with Crippen LogP contribution in [0.15, 0.2) is 90.0 Å². The van der Waals surface area contributed by atoms with E-state index in [4.69, 9.17) is 43.6 Å². The van der Waals surface area contributed by atoms with Crippen molar-refractivity contribution in [3.63, 3.8) is 0 Å². The van der Waals surface area contributed by atoms with Gasteiger partial charge in [0.15, 0.2) is 11.9 Å². The first-order valence-electron chi connectivity index (χ1n) is 43.6. The first-order valence-corrected chi connectivity index (χ1v) is 43.6. The molecule has 11 atom stereocenters. The summed E-state index contributed by atoms with van der Waals surface area (Å²) in [6, 6.07) is 8.58. The van der Waals surface area contributed by atoms with Gasteiger partial charge in [0.05, 0.1) is 65.4 Å². The van der Waals surface area contributed by atoms with Gasteiger partial charge in [-0.15, -0.1) is 0 Å². The monoisotopic (exact) mass is 1780 g/mol. The Kier molecular flexibility index (Phi) is 49.0. The number of hydrogen-bond acceptors (Lipinski definition) is 24. The minimum atomic E-state index is -1.42. The molecule has 1 unspecified atom stereocenters. The number of benzene rings is 2. The Morgan fingerprint density at radius 1 is 0.677 bits per heavy atom. The van der Waals surface area contributed by atoms with Crippen LogP contribution in [0.25, 0.3) is 0 Å². The zero-order valence-corrected chi connectivity index (χ0v) is 76.7. The smallest absolute Gasteiger partial charge is 0.409 e. The van der Waals surface area contributed by atoms with Crippen molar-refractivity contribution in [3.8, 4) is 0 Å². The Balaban J connectivity index is 1.36. The third-order valence-corrected chi connectivity index (χ3v) is 21.6. The lowest BCUT2D eigenvalue weighted by molar-refractivity contribution is -0.155. The van der Waals surface area contributed by atoms with E-state index < -0.39 is 150 Å². The molecule has 0 fully saturated rings. The van der Waals surface area contributed by atoms with Gasteiger partial charge in [0.2, 0.25) is 41.4 Å². The topological polar surface area (TPSA) is 473 Å². The average Bonchev–Trinajstić information content (AvgIpc) is 1.53. The molecule has 37 heteroatoms. The third kappa shape index (κ3) is 39.7. The van der Waals surface area contributed by atoms with E-state index in [-0.39, 0.29) is 133 Å². The number of nitrogens with two attached hydrogens (primary N) is 1. The molecule has 0 radical (unpaired) electrons. The van der Waals surface area contributed by atoms with E-state index >= 15 is 0 Å². The molecule has 4 rings (SSSR count). The predicted octanol–water partition coefficient (Wildman–Crippen LogP) is 5.74. The Bertz CT molecular complexity index is 4030. The molecule has 9 N–H and O–H groups in total. The fourth-order valence-corrected chi connectivity index (χ4v) is 13.4. The second-order valence-electron chi connectivity index (χ2n) is 32.8. The van der Waals surface area contributed by atoms with Crippen LogP contribution in [0.1, 0.15) is 165 Å². The zero-order chi connectivity index (χ0) is 94.4. The van der Waals surface area contributed by atoms with E-state index in [0.717, 1.165) is 4.90 Å². The van der Waals surface area contributed by atoms with Crippen LogP contribution in [-0.4, -0.2) is 288 Å². The van der Waals surface area contributed by atoms with Crippen molar-refractivity contribution in [2.75, 3.05) is 126 Å². The second-order valence-corrected chi connectivity index (χ2v) is 32.8. The molecular weight excluding hydrogens is 1650 g/mol. The summed E-state index contributed by atoms with van der Waals surface area (Å²) in [5.41, 5.74) is 7.35. The van der Waals surface area contributed by atoms with Crippen LogP contribution in [-0.2, 0) is 113 Å². The fourth-order valence-electron chi connectivity index (χ4n) is 13.4. The van der Waals surface area contributed by atoms with E-state index in [2.05, 4.69) is 37.2 Å². The number of anilines is 1. The van der Waals surface area contributed by atoms with E-state index in [0.29, 0.717) is 94.0 Å². The van der Waals surface area contributed by atoms with Gasteiger partial charge in [-0.1, -0.05) is 116 Å². The van der Waals surface area contributed by atoms with Gasteiger partial charge in [-0.25, -0.2) is 24.0 Å². The SMILES string of the molecule is C/C=C(\C)[C@H]1OC(=O)[C@@H](C)NC(=O)[C@H](C(C)CC)NC(=O)CN(C)C(=O)[C@@H](Cc2ccccc2)N(C)C(=O)[C@H](C)NC(=O)[C@@H](CC(C)C)OC(=O)/C(C)=C/C[C@H](OC(=O)N(C)CCN(C)C(=O)OCc2ccc(NC(=O)[C@@H](CCCNC(N)=O)CC(=O)[C@H](NC(=O)CCOCCOCCOCCOCCNC(=O)CCCCCN3C(=O)C=CC3=O)C(C)C)cc2)[C@@H]1C. The quantitative estimate of drug-likeness (QED) is 0.0129. The first kappa shape index (κ1) is 108. The number of esters is 2. The maximum atomic E-state index is 14.4. The summed E-state index contributed by atoms with van der Waals surface area (Å²) in [7, 11) is 5.66. The van der Waals surface area contributed by atoms with E-state index in [1.165, 1.54) is 86.8 Å². The molecule has 2 heterocycles. The number of cyclic esters (lactones) is 2. The number of rotatable bonds is 45. The minimum absolute atomic E-state index is 0.00614. The fraction of sp³-hybridized carbons (Fsp3) is 0.622. The number of allylic oxidation sites excluding steroid dienone is 1. The molecule has 0 aliphatic carbocycles.